The van der Waals surface area contributed by atoms with E-state index < -0.39 is 10.3 Å². The number of aromatic hydroxyl groups is 1. The van der Waals surface area contributed by atoms with E-state index in [2.05, 4.69) is 6.92 Å². The molecule has 4 atom stereocenters. The zero-order valence-electron chi connectivity index (χ0n) is 14.0. The van der Waals surface area contributed by atoms with Crippen LogP contribution in [0.1, 0.15) is 62.5 Å². The van der Waals surface area contributed by atoms with Crippen molar-refractivity contribution in [3.8, 4) is 11.5 Å². The highest BCUT2D eigenvalue weighted by Gasteiger charge is 2.50. The Bertz CT molecular complexity index is 775. The molecule has 2 fully saturated rings. The van der Waals surface area contributed by atoms with Crippen molar-refractivity contribution in [3.63, 3.8) is 0 Å². The Labute approximate surface area is 143 Å². The average molecular weight is 351 g/mol. The quantitative estimate of drug-likeness (QED) is 0.856. The molecule has 3 N–H and O–H groups in total. The number of benzene rings is 1. The summed E-state index contributed by atoms with van der Waals surface area (Å²) in [6, 6.07) is 3.37. The first-order valence-electron chi connectivity index (χ1n) is 8.85. The molecule has 3 aliphatic rings. The predicted molar refractivity (Wildman–Crippen MR) is 91.1 cm³/mol. The second kappa shape index (κ2) is 5.36. The fraction of sp³-hybridized carbons (Fsp3) is 0.667. The van der Waals surface area contributed by atoms with E-state index in [-0.39, 0.29) is 11.5 Å². The third kappa shape index (κ3) is 2.60. The van der Waals surface area contributed by atoms with Crippen LogP contribution >= 0.6 is 0 Å². The van der Waals surface area contributed by atoms with Gasteiger partial charge < -0.3 is 9.29 Å². The molecule has 4 rings (SSSR count). The summed E-state index contributed by atoms with van der Waals surface area (Å²) in [7, 11) is -4.13. The lowest BCUT2D eigenvalue weighted by Crippen LogP contribution is -2.39. The first-order valence-corrected chi connectivity index (χ1v) is 10.3. The summed E-state index contributed by atoms with van der Waals surface area (Å²) in [6.45, 7) is 2.46. The molecule has 3 aliphatic carbocycles. The number of hydrogen-bond acceptors (Lipinski definition) is 4. The summed E-state index contributed by atoms with van der Waals surface area (Å²) in [5, 5.41) is 15.1. The van der Waals surface area contributed by atoms with E-state index in [4.69, 9.17) is 9.32 Å². The molecule has 0 spiro atoms. The van der Waals surface area contributed by atoms with Crippen molar-refractivity contribution in [3.05, 3.63) is 23.3 Å². The summed E-state index contributed by atoms with van der Waals surface area (Å²) >= 11 is 0. The highest BCUT2D eigenvalue weighted by Crippen LogP contribution is 2.61. The lowest BCUT2D eigenvalue weighted by molar-refractivity contribution is 0.0597. The van der Waals surface area contributed by atoms with Crippen LogP contribution in [0.15, 0.2) is 12.1 Å². The molecule has 3 unspecified atom stereocenters. The number of hydrogen-bond donors (Lipinski definition) is 2. The van der Waals surface area contributed by atoms with Crippen LogP contribution in [0.4, 0.5) is 0 Å². The third-order valence-electron chi connectivity index (χ3n) is 6.79. The molecule has 0 heterocycles. The largest absolute Gasteiger partial charge is 0.504 e. The molecule has 132 valence electrons. The van der Waals surface area contributed by atoms with E-state index in [0.717, 1.165) is 30.7 Å². The van der Waals surface area contributed by atoms with Crippen molar-refractivity contribution in [2.45, 2.75) is 57.8 Å². The van der Waals surface area contributed by atoms with Crippen molar-refractivity contribution < 1.29 is 17.7 Å². The van der Waals surface area contributed by atoms with E-state index in [9.17, 15) is 13.5 Å². The Kier molecular flexibility index (Phi) is 3.62. The minimum absolute atomic E-state index is 0.0591. The Balaban J connectivity index is 1.69. The lowest BCUT2D eigenvalue weighted by Gasteiger charge is -2.49. The van der Waals surface area contributed by atoms with Crippen molar-refractivity contribution in [1.29, 1.82) is 0 Å². The Hall–Kier alpha value is -1.27. The van der Waals surface area contributed by atoms with Crippen LogP contribution in [0.3, 0.4) is 0 Å². The van der Waals surface area contributed by atoms with Gasteiger partial charge in [0.15, 0.2) is 11.5 Å². The van der Waals surface area contributed by atoms with Crippen LogP contribution in [0.5, 0.6) is 11.5 Å². The van der Waals surface area contributed by atoms with Crippen LogP contribution in [0, 0.1) is 17.3 Å². The minimum atomic E-state index is -4.13. The van der Waals surface area contributed by atoms with Crippen LogP contribution < -0.4 is 9.32 Å². The van der Waals surface area contributed by atoms with E-state index >= 15 is 0 Å². The van der Waals surface area contributed by atoms with Gasteiger partial charge in [0.05, 0.1) is 0 Å². The molecule has 0 saturated heterocycles. The Morgan fingerprint density at radius 2 is 2.04 bits per heavy atom. The van der Waals surface area contributed by atoms with Crippen molar-refractivity contribution in [2.75, 3.05) is 0 Å². The lowest BCUT2D eigenvalue weighted by atomic mass is 9.56. The van der Waals surface area contributed by atoms with Gasteiger partial charge in [0.1, 0.15) is 0 Å². The fourth-order valence-electron chi connectivity index (χ4n) is 5.77. The molecule has 0 aromatic heterocycles. The van der Waals surface area contributed by atoms with Gasteiger partial charge in [-0.1, -0.05) is 13.3 Å². The molecule has 24 heavy (non-hydrogen) atoms. The van der Waals surface area contributed by atoms with Gasteiger partial charge >= 0.3 is 10.3 Å². The maximum absolute atomic E-state index is 11.2. The first-order chi connectivity index (χ1) is 11.3. The summed E-state index contributed by atoms with van der Waals surface area (Å²) in [5.41, 5.74) is 2.77. The molecule has 6 heteroatoms. The molecule has 1 aromatic rings. The summed E-state index contributed by atoms with van der Waals surface area (Å²) in [4.78, 5) is 0. The summed E-state index contributed by atoms with van der Waals surface area (Å²) in [5.74, 6) is 1.74. The highest BCUT2D eigenvalue weighted by atomic mass is 32.2. The fourth-order valence-corrected chi connectivity index (χ4v) is 6.16. The smallest absolute Gasteiger partial charge is 0.380 e. The zero-order valence-corrected chi connectivity index (χ0v) is 14.8. The summed E-state index contributed by atoms with van der Waals surface area (Å²) < 4.78 is 27.0. The summed E-state index contributed by atoms with van der Waals surface area (Å²) in [6.07, 6.45) is 8.45. The van der Waals surface area contributed by atoms with Crippen LogP contribution in [0.2, 0.25) is 0 Å². The molecular formula is C18H25NO4S. The van der Waals surface area contributed by atoms with E-state index in [1.165, 1.54) is 31.2 Å². The van der Waals surface area contributed by atoms with Gasteiger partial charge in [-0.25, -0.2) is 0 Å². The molecule has 1 aromatic carbocycles. The van der Waals surface area contributed by atoms with Crippen molar-refractivity contribution >= 4 is 10.3 Å². The number of aryl methyl sites for hydroxylation is 1. The number of rotatable bonds is 2. The second-order valence-electron chi connectivity index (χ2n) is 8.10. The van der Waals surface area contributed by atoms with Crippen molar-refractivity contribution in [2.24, 2.45) is 22.4 Å². The number of nitrogens with two attached hydrogens (primary N) is 1. The average Bonchev–Trinajstić information content (AvgIpc) is 2.88. The standard InChI is InChI=1S/C18H25NO4S/c1-18-7-2-3-15(18)13-5-4-11-9-17(23-24(19,21)22)16(20)10-14(11)12(13)6-8-18/h9-10,12-13,15,20H,2-8H2,1H3,(H2,19,21,22)/t12?,13?,15?,18-/m0/s1. The normalized spacial score (nSPS) is 35.0. The molecular weight excluding hydrogens is 326 g/mol. The topological polar surface area (TPSA) is 89.6 Å². The Morgan fingerprint density at radius 3 is 2.79 bits per heavy atom. The maximum Gasteiger partial charge on any atom is 0.380 e. The molecule has 0 radical (unpaired) electrons. The van der Waals surface area contributed by atoms with Gasteiger partial charge in [0.2, 0.25) is 0 Å². The minimum Gasteiger partial charge on any atom is -0.504 e. The van der Waals surface area contributed by atoms with Gasteiger partial charge in [-0.05, 0) is 85.0 Å². The van der Waals surface area contributed by atoms with Crippen LogP contribution in [-0.2, 0) is 16.7 Å². The predicted octanol–water partition coefficient (Wildman–Crippen LogP) is 3.22. The molecule has 5 nitrogen and oxygen atoms in total. The van der Waals surface area contributed by atoms with Gasteiger partial charge in [-0.15, -0.1) is 0 Å². The molecule has 0 aliphatic heterocycles. The third-order valence-corrected chi connectivity index (χ3v) is 7.20. The van der Waals surface area contributed by atoms with E-state index in [0.29, 0.717) is 17.3 Å². The van der Waals surface area contributed by atoms with E-state index in [1.54, 1.807) is 12.1 Å². The number of phenols is 1. The van der Waals surface area contributed by atoms with Crippen molar-refractivity contribution in [1.82, 2.24) is 0 Å². The van der Waals surface area contributed by atoms with Gasteiger partial charge in [0.25, 0.3) is 0 Å². The first kappa shape index (κ1) is 16.2. The second-order valence-corrected chi connectivity index (χ2v) is 9.25. The van der Waals surface area contributed by atoms with Gasteiger partial charge in [0, 0.05) is 0 Å². The Morgan fingerprint density at radius 1 is 1.25 bits per heavy atom. The molecule has 0 bridgehead atoms. The zero-order chi connectivity index (χ0) is 17.1. The SMILES string of the molecule is C[C@@]12CCCC1C1CCc3cc(OS(N)(=O)=O)c(O)cc3C1CC2. The van der Waals surface area contributed by atoms with E-state index in [1.807, 2.05) is 0 Å². The van der Waals surface area contributed by atoms with Crippen LogP contribution in [-0.4, -0.2) is 13.5 Å². The maximum atomic E-state index is 11.2. The molecule has 0 amide bonds. The van der Waals surface area contributed by atoms with Gasteiger partial charge in [-0.2, -0.15) is 13.6 Å². The monoisotopic (exact) mass is 351 g/mol. The number of phenolic OH excluding ortho intramolecular Hbond substituents is 1. The highest BCUT2D eigenvalue weighted by molar-refractivity contribution is 7.84. The molecule has 2 saturated carbocycles. The van der Waals surface area contributed by atoms with Crippen LogP contribution in [0.25, 0.3) is 0 Å². The number of fused-ring (bicyclic) bond motifs is 5. The van der Waals surface area contributed by atoms with Gasteiger partial charge in [-0.3, -0.25) is 0 Å².